The van der Waals surface area contributed by atoms with Crippen molar-refractivity contribution in [1.29, 1.82) is 0 Å². The van der Waals surface area contributed by atoms with E-state index >= 15 is 0 Å². The molecule has 0 radical (unpaired) electrons. The normalized spacial score (nSPS) is 11.1. The first kappa shape index (κ1) is 32.3. The number of hydrogen-bond donors (Lipinski definition) is 2. The molecule has 2 aromatic heterocycles. The van der Waals surface area contributed by atoms with Crippen molar-refractivity contribution in [3.05, 3.63) is 163 Å². The van der Waals surface area contributed by atoms with Crippen LogP contribution in [0.4, 0.5) is 22.7 Å². The van der Waals surface area contributed by atoms with Gasteiger partial charge in [-0.15, -0.1) is 0 Å². The van der Waals surface area contributed by atoms with Gasteiger partial charge in [-0.2, -0.15) is 0 Å². The van der Waals surface area contributed by atoms with Gasteiger partial charge in [0.15, 0.2) is 0 Å². The molecule has 0 saturated heterocycles. The van der Waals surface area contributed by atoms with Gasteiger partial charge < -0.3 is 28.9 Å². The van der Waals surface area contributed by atoms with Crippen molar-refractivity contribution >= 4 is 44.7 Å². The molecule has 0 aliphatic rings. The van der Waals surface area contributed by atoms with Crippen LogP contribution >= 0.6 is 0 Å². The molecule has 0 spiro atoms. The van der Waals surface area contributed by atoms with Crippen LogP contribution in [0.3, 0.4) is 0 Å². The average Bonchev–Trinajstić information content (AvgIpc) is 3.13. The van der Waals surface area contributed by atoms with Gasteiger partial charge in [-0.25, -0.2) is 9.59 Å². The van der Waals surface area contributed by atoms with Gasteiger partial charge in [0.1, 0.15) is 47.3 Å². The number of aryl methyl sites for hydroxylation is 4. The zero-order valence-electron chi connectivity index (χ0n) is 28.3. The minimum Gasteiger partial charge on any atom is -0.488 e. The van der Waals surface area contributed by atoms with Crippen molar-refractivity contribution < 1.29 is 18.3 Å². The van der Waals surface area contributed by atoms with Crippen molar-refractivity contribution in [3.63, 3.8) is 0 Å². The highest BCUT2D eigenvalue weighted by molar-refractivity contribution is 5.90. The molecule has 50 heavy (non-hydrogen) atoms. The maximum Gasteiger partial charge on any atom is 0.360 e. The van der Waals surface area contributed by atoms with E-state index in [-0.39, 0.29) is 0 Å². The van der Waals surface area contributed by atoms with Crippen molar-refractivity contribution in [2.45, 2.75) is 40.9 Å². The number of rotatable bonds is 10. The fourth-order valence-electron chi connectivity index (χ4n) is 6.06. The minimum absolute atomic E-state index is 0.351. The smallest absolute Gasteiger partial charge is 0.360 e. The summed E-state index contributed by atoms with van der Waals surface area (Å²) >= 11 is 0. The number of anilines is 4. The molecule has 250 valence electrons. The van der Waals surface area contributed by atoms with Crippen LogP contribution in [-0.4, -0.2) is 0 Å². The molecule has 0 atom stereocenters. The molecule has 0 aliphatic carbocycles. The van der Waals surface area contributed by atoms with Crippen molar-refractivity contribution in [3.8, 4) is 11.5 Å². The zero-order valence-corrected chi connectivity index (χ0v) is 28.3. The lowest BCUT2D eigenvalue weighted by atomic mass is 10.1. The van der Waals surface area contributed by atoms with Crippen LogP contribution in [0.15, 0.2) is 128 Å². The van der Waals surface area contributed by atoms with Crippen LogP contribution in [0.1, 0.15) is 33.4 Å². The summed E-state index contributed by atoms with van der Waals surface area (Å²) in [5.74, 6) is 1.33. The Balaban J connectivity index is 1.08. The molecule has 0 unspecified atom stereocenters. The van der Waals surface area contributed by atoms with E-state index in [1.165, 1.54) is 0 Å². The van der Waals surface area contributed by atoms with Crippen molar-refractivity contribution in [1.82, 2.24) is 0 Å². The Bertz CT molecular complexity index is 2280. The second-order valence-electron chi connectivity index (χ2n) is 12.3. The molecule has 2 N–H and O–H groups in total. The summed E-state index contributed by atoms with van der Waals surface area (Å²) in [7, 11) is 0. The largest absolute Gasteiger partial charge is 0.488 e. The first-order valence-electron chi connectivity index (χ1n) is 16.4. The van der Waals surface area contributed by atoms with Crippen LogP contribution in [0.5, 0.6) is 11.5 Å². The number of ether oxygens (including phenoxy) is 2. The van der Waals surface area contributed by atoms with E-state index in [0.29, 0.717) is 58.6 Å². The zero-order chi connectivity index (χ0) is 34.8. The van der Waals surface area contributed by atoms with E-state index in [1.807, 2.05) is 137 Å². The van der Waals surface area contributed by atoms with Gasteiger partial charge in [0.05, 0.1) is 0 Å². The maximum absolute atomic E-state index is 13.2. The third-order valence-corrected chi connectivity index (χ3v) is 8.97. The summed E-state index contributed by atoms with van der Waals surface area (Å²) in [4.78, 5) is 26.4. The Labute approximate surface area is 288 Å². The Morgan fingerprint density at radius 3 is 1.24 bits per heavy atom. The van der Waals surface area contributed by atoms with E-state index in [1.54, 1.807) is 0 Å². The summed E-state index contributed by atoms with van der Waals surface area (Å²) in [5, 5.41) is 8.09. The molecular weight excluding hydrogens is 628 g/mol. The molecular formula is C42H36N2O6. The third kappa shape index (κ3) is 6.43. The number of benzene rings is 5. The number of nitrogens with one attached hydrogen (secondary N) is 2. The second-order valence-corrected chi connectivity index (χ2v) is 12.3. The molecule has 7 rings (SSSR count). The fourth-order valence-corrected chi connectivity index (χ4v) is 6.06. The molecule has 8 nitrogen and oxygen atoms in total. The molecule has 2 heterocycles. The van der Waals surface area contributed by atoms with Crippen LogP contribution in [-0.2, 0) is 13.2 Å². The van der Waals surface area contributed by atoms with Gasteiger partial charge in [-0.1, -0.05) is 60.7 Å². The summed E-state index contributed by atoms with van der Waals surface area (Å²) < 4.78 is 23.7. The summed E-state index contributed by atoms with van der Waals surface area (Å²) in [5.41, 5.74) is 7.28. The van der Waals surface area contributed by atoms with Crippen molar-refractivity contribution in [2.75, 3.05) is 10.6 Å². The monoisotopic (exact) mass is 664 g/mol. The van der Waals surface area contributed by atoms with Gasteiger partial charge in [-0.05, 0) is 98.5 Å². The van der Waals surface area contributed by atoms with Crippen LogP contribution in [0.2, 0.25) is 0 Å². The second kappa shape index (κ2) is 13.7. The van der Waals surface area contributed by atoms with E-state index in [2.05, 4.69) is 10.6 Å². The summed E-state index contributed by atoms with van der Waals surface area (Å²) in [6.07, 6.45) is 0. The Kier molecular flexibility index (Phi) is 8.83. The topological polar surface area (TPSA) is 103 Å². The highest BCUT2D eigenvalue weighted by Gasteiger charge is 2.18. The predicted molar refractivity (Wildman–Crippen MR) is 198 cm³/mol. The van der Waals surface area contributed by atoms with E-state index < -0.39 is 11.3 Å². The molecule has 0 fully saturated rings. The molecule has 0 bridgehead atoms. The fraction of sp³-hybridized carbons (Fsp3) is 0.143. The summed E-state index contributed by atoms with van der Waals surface area (Å²) in [6, 6.07) is 34.8. The van der Waals surface area contributed by atoms with E-state index in [0.717, 1.165) is 44.2 Å². The molecule has 7 aromatic rings. The maximum atomic E-state index is 13.2. The standard InChI is InChI=1S/C42H36N2O6/c1-25-33-19-21-35(47-23-29-11-7-5-8-12-29)27(3)39(33)49-41(45)37(25)43-31-15-17-32(18-16-31)44-38-26(2)34-20-22-36(28(4)40(34)50-42(38)46)48-24-30-13-9-6-10-14-30/h5-22,43-44H,23-24H2,1-4H3. The minimum atomic E-state index is -0.478. The van der Waals surface area contributed by atoms with E-state index in [4.69, 9.17) is 18.3 Å². The Morgan fingerprint density at radius 1 is 0.480 bits per heavy atom. The van der Waals surface area contributed by atoms with Gasteiger partial charge >= 0.3 is 11.3 Å². The van der Waals surface area contributed by atoms with Gasteiger partial charge in [0, 0.05) is 33.3 Å². The lowest BCUT2D eigenvalue weighted by Gasteiger charge is -2.15. The van der Waals surface area contributed by atoms with E-state index in [9.17, 15) is 9.59 Å². The molecule has 0 aliphatic heterocycles. The Morgan fingerprint density at radius 2 is 0.860 bits per heavy atom. The van der Waals surface area contributed by atoms with Gasteiger partial charge in [0.25, 0.3) is 0 Å². The molecule has 0 amide bonds. The first-order chi connectivity index (χ1) is 24.3. The first-order valence-corrected chi connectivity index (χ1v) is 16.4. The number of fused-ring (bicyclic) bond motifs is 2. The van der Waals surface area contributed by atoms with Gasteiger partial charge in [-0.3, -0.25) is 0 Å². The van der Waals surface area contributed by atoms with Crippen LogP contribution in [0.25, 0.3) is 21.9 Å². The third-order valence-electron chi connectivity index (χ3n) is 8.97. The average molecular weight is 665 g/mol. The predicted octanol–water partition coefficient (Wildman–Crippen LogP) is 9.78. The van der Waals surface area contributed by atoms with Crippen LogP contribution < -0.4 is 31.4 Å². The summed E-state index contributed by atoms with van der Waals surface area (Å²) in [6.45, 7) is 8.39. The van der Waals surface area contributed by atoms with Crippen molar-refractivity contribution in [2.24, 2.45) is 0 Å². The quantitative estimate of drug-likeness (QED) is 0.139. The molecule has 8 heteroatoms. The highest BCUT2D eigenvalue weighted by Crippen LogP contribution is 2.34. The number of hydrogen-bond acceptors (Lipinski definition) is 8. The molecule has 5 aromatic carbocycles. The lowest BCUT2D eigenvalue weighted by molar-refractivity contribution is 0.304. The van der Waals surface area contributed by atoms with Crippen LogP contribution in [0, 0.1) is 27.7 Å². The van der Waals surface area contributed by atoms with Gasteiger partial charge in [0.2, 0.25) is 0 Å². The lowest BCUT2D eigenvalue weighted by Crippen LogP contribution is -2.11. The highest BCUT2D eigenvalue weighted by atomic mass is 16.5. The molecule has 0 saturated carbocycles. The Hall–Kier alpha value is -6.28. The SMILES string of the molecule is Cc1c(Nc2ccc(Nc3c(C)c4ccc(OCc5ccccc5)c(C)c4oc3=O)cc2)c(=O)oc2c(C)c(OCc3ccccc3)ccc12.